The lowest BCUT2D eigenvalue weighted by atomic mass is 10.1. The fourth-order valence-electron chi connectivity index (χ4n) is 2.14. The van der Waals surface area contributed by atoms with Crippen molar-refractivity contribution in [1.29, 1.82) is 0 Å². The molecule has 7 heteroatoms. The number of carbonyl (C=O) groups is 1. The molecule has 0 aliphatic heterocycles. The maximum absolute atomic E-state index is 12.3. The first-order valence-corrected chi connectivity index (χ1v) is 7.18. The summed E-state index contributed by atoms with van der Waals surface area (Å²) in [5, 5.41) is 20.3. The summed E-state index contributed by atoms with van der Waals surface area (Å²) in [7, 11) is 1.26. The van der Waals surface area contributed by atoms with E-state index in [1.807, 2.05) is 31.2 Å². The van der Waals surface area contributed by atoms with Gasteiger partial charge in [0.1, 0.15) is 11.9 Å². The number of hydrogen-bond donors (Lipinski definition) is 0. The Morgan fingerprint density at radius 3 is 2.50 bits per heavy atom. The monoisotopic (exact) mass is 322 g/mol. The highest BCUT2D eigenvalue weighted by Gasteiger charge is 2.18. The zero-order chi connectivity index (χ0) is 17.1. The van der Waals surface area contributed by atoms with Crippen LogP contribution in [0.15, 0.2) is 48.7 Å². The maximum Gasteiger partial charge on any atom is 0.379 e. The van der Waals surface area contributed by atoms with Crippen molar-refractivity contribution >= 4 is 5.97 Å². The first-order chi connectivity index (χ1) is 11.6. The molecule has 2 heterocycles. The van der Waals surface area contributed by atoms with Crippen molar-refractivity contribution in [2.24, 2.45) is 0 Å². The standard InChI is InChI=1S/C17H14N4O3/c1-11-6-8-12(9-7-11)15-10-21(23)16(20-19-15)13-4-3-5-14(18-13)17(22)24-2/h3-10H,1-2H3. The fourth-order valence-corrected chi connectivity index (χ4v) is 2.14. The molecule has 0 aliphatic rings. The molecule has 0 radical (unpaired) electrons. The van der Waals surface area contributed by atoms with Crippen molar-refractivity contribution in [3.05, 3.63) is 65.1 Å². The number of esters is 1. The van der Waals surface area contributed by atoms with E-state index in [0.717, 1.165) is 11.1 Å². The van der Waals surface area contributed by atoms with Gasteiger partial charge in [-0.2, -0.15) is 0 Å². The molecular formula is C17H14N4O3. The summed E-state index contributed by atoms with van der Waals surface area (Å²) >= 11 is 0. The summed E-state index contributed by atoms with van der Waals surface area (Å²) in [5.41, 5.74) is 2.70. The zero-order valence-corrected chi connectivity index (χ0v) is 13.1. The van der Waals surface area contributed by atoms with Crippen molar-refractivity contribution in [3.63, 3.8) is 0 Å². The number of ether oxygens (including phenoxy) is 1. The fraction of sp³-hybridized carbons (Fsp3) is 0.118. The molecule has 1 aromatic carbocycles. The molecule has 0 fully saturated rings. The van der Waals surface area contributed by atoms with Crippen LogP contribution in [0.5, 0.6) is 0 Å². The average Bonchev–Trinajstić information content (AvgIpc) is 2.61. The lowest BCUT2D eigenvalue weighted by Crippen LogP contribution is -2.31. The van der Waals surface area contributed by atoms with Gasteiger partial charge in [-0.15, -0.1) is 0 Å². The van der Waals surface area contributed by atoms with E-state index in [2.05, 4.69) is 19.9 Å². The lowest BCUT2D eigenvalue weighted by Gasteiger charge is -2.07. The Morgan fingerprint density at radius 1 is 1.08 bits per heavy atom. The highest BCUT2D eigenvalue weighted by atomic mass is 16.5. The lowest BCUT2D eigenvalue weighted by molar-refractivity contribution is -0.597. The highest BCUT2D eigenvalue weighted by Crippen LogP contribution is 2.17. The summed E-state index contributed by atoms with van der Waals surface area (Å²) in [6.45, 7) is 1.98. The molecule has 0 unspecified atom stereocenters. The predicted octanol–water partition coefficient (Wildman–Crippen LogP) is 1.93. The van der Waals surface area contributed by atoms with Gasteiger partial charge >= 0.3 is 11.8 Å². The number of rotatable bonds is 3. The third kappa shape index (κ3) is 3.05. The third-order valence-corrected chi connectivity index (χ3v) is 3.42. The Kier molecular flexibility index (Phi) is 4.15. The molecule has 7 nitrogen and oxygen atoms in total. The van der Waals surface area contributed by atoms with Crippen molar-refractivity contribution in [1.82, 2.24) is 15.2 Å². The summed E-state index contributed by atoms with van der Waals surface area (Å²) < 4.78 is 5.21. The molecule has 2 aromatic heterocycles. The minimum absolute atomic E-state index is 0.0108. The topological polar surface area (TPSA) is 91.9 Å². The third-order valence-electron chi connectivity index (χ3n) is 3.42. The van der Waals surface area contributed by atoms with E-state index in [4.69, 9.17) is 0 Å². The molecule has 120 valence electrons. The number of pyridine rings is 1. The van der Waals surface area contributed by atoms with E-state index in [-0.39, 0.29) is 17.2 Å². The van der Waals surface area contributed by atoms with Gasteiger partial charge in [0.05, 0.1) is 12.2 Å². The van der Waals surface area contributed by atoms with Gasteiger partial charge in [-0.1, -0.05) is 35.9 Å². The van der Waals surface area contributed by atoms with Crippen LogP contribution in [-0.2, 0) is 4.74 Å². The number of methoxy groups -OCH3 is 1. The van der Waals surface area contributed by atoms with Crippen molar-refractivity contribution < 1.29 is 14.3 Å². The molecule has 0 amide bonds. The van der Waals surface area contributed by atoms with Gasteiger partial charge in [0, 0.05) is 5.56 Å². The van der Waals surface area contributed by atoms with Crippen LogP contribution >= 0.6 is 0 Å². The molecular weight excluding hydrogens is 308 g/mol. The van der Waals surface area contributed by atoms with Gasteiger partial charge in [0.15, 0.2) is 11.4 Å². The Morgan fingerprint density at radius 2 is 1.83 bits per heavy atom. The molecule has 24 heavy (non-hydrogen) atoms. The van der Waals surface area contributed by atoms with E-state index in [9.17, 15) is 10.0 Å². The van der Waals surface area contributed by atoms with Crippen LogP contribution in [-0.4, -0.2) is 28.3 Å². The van der Waals surface area contributed by atoms with Crippen LogP contribution in [0.25, 0.3) is 22.8 Å². The Hall–Kier alpha value is -3.35. The van der Waals surface area contributed by atoms with Gasteiger partial charge in [-0.25, -0.2) is 14.5 Å². The molecule has 0 spiro atoms. The number of carbonyl (C=O) groups excluding carboxylic acids is 1. The average molecular weight is 322 g/mol. The molecule has 0 N–H and O–H groups in total. The molecule has 3 aromatic rings. The van der Waals surface area contributed by atoms with E-state index >= 15 is 0 Å². The molecule has 0 atom stereocenters. The molecule has 0 bridgehead atoms. The number of nitrogens with zero attached hydrogens (tertiary/aromatic N) is 4. The van der Waals surface area contributed by atoms with E-state index in [0.29, 0.717) is 10.4 Å². The van der Waals surface area contributed by atoms with Crippen molar-refractivity contribution in [2.45, 2.75) is 6.92 Å². The van der Waals surface area contributed by atoms with Crippen LogP contribution in [0.2, 0.25) is 0 Å². The van der Waals surface area contributed by atoms with Gasteiger partial charge in [0.25, 0.3) is 0 Å². The Bertz CT molecular complexity index is 895. The van der Waals surface area contributed by atoms with E-state index in [1.165, 1.54) is 19.4 Å². The maximum atomic E-state index is 12.3. The summed E-state index contributed by atoms with van der Waals surface area (Å²) in [6, 6.07) is 12.3. The van der Waals surface area contributed by atoms with Crippen LogP contribution in [0.4, 0.5) is 0 Å². The summed E-state index contributed by atoms with van der Waals surface area (Å²) in [6.07, 6.45) is 1.33. The highest BCUT2D eigenvalue weighted by molar-refractivity contribution is 5.87. The molecule has 0 aliphatic carbocycles. The number of hydrogen-bond acceptors (Lipinski definition) is 6. The van der Waals surface area contributed by atoms with Crippen molar-refractivity contribution in [2.75, 3.05) is 7.11 Å². The smallest absolute Gasteiger partial charge is 0.379 e. The van der Waals surface area contributed by atoms with Crippen molar-refractivity contribution in [3.8, 4) is 22.8 Å². The minimum Gasteiger partial charge on any atom is -0.710 e. The number of aromatic nitrogens is 4. The first kappa shape index (κ1) is 15.5. The van der Waals surface area contributed by atoms with Crippen LogP contribution in [0.1, 0.15) is 16.1 Å². The SMILES string of the molecule is COC(=O)c1cccc(-c2nnc(-c3ccc(C)cc3)c[n+]2[O-])n1. The summed E-state index contributed by atoms with van der Waals surface area (Å²) in [4.78, 5) is 15.6. The van der Waals surface area contributed by atoms with E-state index in [1.54, 1.807) is 12.1 Å². The van der Waals surface area contributed by atoms with Crippen LogP contribution in [0.3, 0.4) is 0 Å². The molecule has 3 rings (SSSR count). The molecule has 0 saturated carbocycles. The first-order valence-electron chi connectivity index (χ1n) is 7.18. The van der Waals surface area contributed by atoms with Gasteiger partial charge in [0.2, 0.25) is 0 Å². The zero-order valence-electron chi connectivity index (χ0n) is 13.1. The second-order valence-corrected chi connectivity index (χ2v) is 5.13. The minimum atomic E-state index is -0.585. The van der Waals surface area contributed by atoms with Gasteiger partial charge in [-0.3, -0.25) is 0 Å². The Balaban J connectivity index is 1.98. The number of aryl methyl sites for hydroxylation is 1. The summed E-state index contributed by atoms with van der Waals surface area (Å²) in [5.74, 6) is -0.574. The van der Waals surface area contributed by atoms with E-state index < -0.39 is 5.97 Å². The second kappa shape index (κ2) is 6.41. The van der Waals surface area contributed by atoms with Crippen LogP contribution in [0, 0.1) is 12.1 Å². The quantitative estimate of drug-likeness (QED) is 0.416. The predicted molar refractivity (Wildman–Crippen MR) is 85.7 cm³/mol. The normalized spacial score (nSPS) is 10.4. The largest absolute Gasteiger partial charge is 0.710 e. The van der Waals surface area contributed by atoms with Gasteiger partial charge < -0.3 is 9.94 Å². The van der Waals surface area contributed by atoms with Gasteiger partial charge in [-0.05, 0) is 24.2 Å². The second-order valence-electron chi connectivity index (χ2n) is 5.13. The Labute approximate surface area is 138 Å². The number of benzene rings is 1. The van der Waals surface area contributed by atoms with Crippen LogP contribution < -0.4 is 4.73 Å². The molecule has 0 saturated heterocycles.